The van der Waals surface area contributed by atoms with E-state index in [1.165, 1.54) is 0 Å². The highest BCUT2D eigenvalue weighted by molar-refractivity contribution is 5.68. The second-order valence-electron chi connectivity index (χ2n) is 4.84. The molecule has 1 aliphatic rings. The number of ether oxygens (including phenoxy) is 1. The fraction of sp³-hybridized carbons (Fsp3) is 0.900. The molecule has 0 unspecified atom stereocenters. The van der Waals surface area contributed by atoms with Crippen molar-refractivity contribution in [3.63, 3.8) is 0 Å². The monoisotopic (exact) mass is 201 g/mol. The summed E-state index contributed by atoms with van der Waals surface area (Å²) < 4.78 is 5.16. The summed E-state index contributed by atoms with van der Waals surface area (Å²) in [5.74, 6) is 0.140. The van der Waals surface area contributed by atoms with Crippen molar-refractivity contribution < 1.29 is 14.6 Å². The van der Waals surface area contributed by atoms with Crippen LogP contribution < -0.4 is 5.32 Å². The molecule has 0 spiro atoms. The maximum absolute atomic E-state index is 11.3. The van der Waals surface area contributed by atoms with Gasteiger partial charge in [-0.05, 0) is 33.6 Å². The SMILES string of the molecule is CC(C)(C)NC(=O)O[C@H]1CC[C@H]1CO. The molecule has 4 heteroatoms. The van der Waals surface area contributed by atoms with Gasteiger partial charge in [-0.25, -0.2) is 4.79 Å². The zero-order valence-corrected chi connectivity index (χ0v) is 9.04. The summed E-state index contributed by atoms with van der Waals surface area (Å²) in [5, 5.41) is 11.6. The van der Waals surface area contributed by atoms with E-state index in [0.29, 0.717) is 0 Å². The molecule has 0 aromatic heterocycles. The molecule has 1 saturated carbocycles. The van der Waals surface area contributed by atoms with Gasteiger partial charge in [0.1, 0.15) is 6.10 Å². The summed E-state index contributed by atoms with van der Waals surface area (Å²) in [4.78, 5) is 11.3. The third kappa shape index (κ3) is 3.18. The van der Waals surface area contributed by atoms with Crippen LogP contribution in [0.5, 0.6) is 0 Å². The lowest BCUT2D eigenvalue weighted by atomic mass is 9.82. The number of amides is 1. The lowest BCUT2D eigenvalue weighted by Gasteiger charge is -2.35. The van der Waals surface area contributed by atoms with Crippen molar-refractivity contribution >= 4 is 6.09 Å². The number of rotatable bonds is 2. The van der Waals surface area contributed by atoms with Crippen LogP contribution in [-0.2, 0) is 4.74 Å². The second-order valence-corrected chi connectivity index (χ2v) is 4.84. The van der Waals surface area contributed by atoms with E-state index in [1.807, 2.05) is 20.8 Å². The molecule has 1 amide bonds. The Bertz CT molecular complexity index is 208. The van der Waals surface area contributed by atoms with Crippen molar-refractivity contribution in [1.29, 1.82) is 0 Å². The molecule has 82 valence electrons. The molecule has 1 fully saturated rings. The Hall–Kier alpha value is -0.770. The van der Waals surface area contributed by atoms with Crippen molar-refractivity contribution in [1.82, 2.24) is 5.32 Å². The van der Waals surface area contributed by atoms with E-state index in [0.717, 1.165) is 12.8 Å². The Labute approximate surface area is 84.6 Å². The maximum Gasteiger partial charge on any atom is 0.407 e. The van der Waals surface area contributed by atoms with Crippen molar-refractivity contribution in [2.24, 2.45) is 5.92 Å². The van der Waals surface area contributed by atoms with Crippen LogP contribution >= 0.6 is 0 Å². The second kappa shape index (κ2) is 4.17. The molecule has 2 atom stereocenters. The Morgan fingerprint density at radius 3 is 2.50 bits per heavy atom. The van der Waals surface area contributed by atoms with Crippen LogP contribution in [-0.4, -0.2) is 29.4 Å². The average molecular weight is 201 g/mol. The summed E-state index contributed by atoms with van der Waals surface area (Å²) in [6.45, 7) is 5.81. The Kier molecular flexibility index (Phi) is 3.37. The van der Waals surface area contributed by atoms with Gasteiger partial charge < -0.3 is 15.2 Å². The Morgan fingerprint density at radius 1 is 1.50 bits per heavy atom. The Morgan fingerprint density at radius 2 is 2.14 bits per heavy atom. The minimum Gasteiger partial charge on any atom is -0.446 e. The number of carbonyl (C=O) groups is 1. The lowest BCUT2D eigenvalue weighted by molar-refractivity contribution is -0.0234. The summed E-state index contributed by atoms with van der Waals surface area (Å²) in [6, 6.07) is 0. The van der Waals surface area contributed by atoms with Gasteiger partial charge in [0.15, 0.2) is 0 Å². The largest absolute Gasteiger partial charge is 0.446 e. The zero-order valence-electron chi connectivity index (χ0n) is 9.04. The molecule has 0 aromatic rings. The fourth-order valence-electron chi connectivity index (χ4n) is 1.38. The highest BCUT2D eigenvalue weighted by Gasteiger charge is 2.33. The van der Waals surface area contributed by atoms with E-state index in [-0.39, 0.29) is 30.3 Å². The quantitative estimate of drug-likeness (QED) is 0.707. The van der Waals surface area contributed by atoms with Gasteiger partial charge in [0.25, 0.3) is 0 Å². The Balaban J connectivity index is 2.27. The van der Waals surface area contributed by atoms with E-state index in [4.69, 9.17) is 9.84 Å². The van der Waals surface area contributed by atoms with Crippen LogP contribution in [0.25, 0.3) is 0 Å². The molecule has 14 heavy (non-hydrogen) atoms. The first-order chi connectivity index (χ1) is 6.42. The first kappa shape index (κ1) is 11.3. The molecule has 0 heterocycles. The molecule has 1 aliphatic carbocycles. The first-order valence-corrected chi connectivity index (χ1v) is 5.02. The minimum absolute atomic E-state index is 0.0950. The van der Waals surface area contributed by atoms with Gasteiger partial charge >= 0.3 is 6.09 Å². The van der Waals surface area contributed by atoms with Crippen LogP contribution in [0.4, 0.5) is 4.79 Å². The highest BCUT2D eigenvalue weighted by atomic mass is 16.6. The van der Waals surface area contributed by atoms with E-state index in [2.05, 4.69) is 5.32 Å². The summed E-state index contributed by atoms with van der Waals surface area (Å²) in [5.41, 5.74) is -0.268. The summed E-state index contributed by atoms with van der Waals surface area (Å²) in [7, 11) is 0. The van der Waals surface area contributed by atoms with Gasteiger partial charge in [0, 0.05) is 18.1 Å². The summed E-state index contributed by atoms with van der Waals surface area (Å²) >= 11 is 0. The molecule has 0 bridgehead atoms. The predicted octanol–water partition coefficient (Wildman–Crippen LogP) is 1.28. The van der Waals surface area contributed by atoms with Gasteiger partial charge in [-0.15, -0.1) is 0 Å². The number of aliphatic hydroxyl groups excluding tert-OH is 1. The molecule has 4 nitrogen and oxygen atoms in total. The zero-order chi connectivity index (χ0) is 10.8. The first-order valence-electron chi connectivity index (χ1n) is 5.02. The number of nitrogens with one attached hydrogen (secondary N) is 1. The van der Waals surface area contributed by atoms with Gasteiger partial charge in [-0.1, -0.05) is 0 Å². The molecule has 0 radical (unpaired) electrons. The average Bonchev–Trinajstić information content (AvgIpc) is 1.96. The highest BCUT2D eigenvalue weighted by Crippen LogP contribution is 2.29. The van der Waals surface area contributed by atoms with Gasteiger partial charge in [-0.2, -0.15) is 0 Å². The van der Waals surface area contributed by atoms with Crippen molar-refractivity contribution in [3.8, 4) is 0 Å². The van der Waals surface area contributed by atoms with E-state index >= 15 is 0 Å². The third-order valence-electron chi connectivity index (χ3n) is 2.32. The summed E-state index contributed by atoms with van der Waals surface area (Å²) in [6.07, 6.45) is 1.33. The van der Waals surface area contributed by atoms with Crippen LogP contribution in [0.1, 0.15) is 33.6 Å². The number of alkyl carbamates (subject to hydrolysis) is 1. The van der Waals surface area contributed by atoms with Gasteiger partial charge in [0.2, 0.25) is 0 Å². The predicted molar refractivity (Wildman–Crippen MR) is 53.0 cm³/mol. The number of hydrogen-bond donors (Lipinski definition) is 2. The molecular formula is C10H19NO3. The van der Waals surface area contributed by atoms with E-state index in [1.54, 1.807) is 0 Å². The standard InChI is InChI=1S/C10H19NO3/c1-10(2,3)11-9(13)14-8-5-4-7(8)6-12/h7-8,12H,4-6H2,1-3H3,(H,11,13)/t7-,8-/m0/s1. The maximum atomic E-state index is 11.3. The molecule has 0 aliphatic heterocycles. The molecule has 2 N–H and O–H groups in total. The van der Waals surface area contributed by atoms with E-state index in [9.17, 15) is 4.79 Å². The van der Waals surface area contributed by atoms with Crippen LogP contribution in [0, 0.1) is 5.92 Å². The van der Waals surface area contributed by atoms with Crippen molar-refractivity contribution in [2.75, 3.05) is 6.61 Å². The molecular weight excluding hydrogens is 182 g/mol. The molecule has 0 saturated heterocycles. The van der Waals surface area contributed by atoms with Crippen molar-refractivity contribution in [2.45, 2.75) is 45.3 Å². The van der Waals surface area contributed by atoms with E-state index < -0.39 is 0 Å². The van der Waals surface area contributed by atoms with Crippen LogP contribution in [0.2, 0.25) is 0 Å². The fourth-order valence-corrected chi connectivity index (χ4v) is 1.38. The number of aliphatic hydroxyl groups is 1. The smallest absolute Gasteiger partial charge is 0.407 e. The topological polar surface area (TPSA) is 58.6 Å². The van der Waals surface area contributed by atoms with Crippen LogP contribution in [0.3, 0.4) is 0 Å². The number of carbonyl (C=O) groups excluding carboxylic acids is 1. The van der Waals surface area contributed by atoms with Crippen molar-refractivity contribution in [3.05, 3.63) is 0 Å². The lowest BCUT2D eigenvalue weighted by Crippen LogP contribution is -2.46. The normalized spacial score (nSPS) is 26.6. The van der Waals surface area contributed by atoms with Gasteiger partial charge in [0.05, 0.1) is 0 Å². The molecule has 0 aromatic carbocycles. The third-order valence-corrected chi connectivity index (χ3v) is 2.32. The minimum atomic E-state index is -0.388. The molecule has 1 rings (SSSR count). The van der Waals surface area contributed by atoms with Gasteiger partial charge in [-0.3, -0.25) is 0 Å². The number of hydrogen-bond acceptors (Lipinski definition) is 3. The van der Waals surface area contributed by atoms with Crippen LogP contribution in [0.15, 0.2) is 0 Å².